The SMILES string of the molecule is COc1cc(Cc2cnc(N)nc2N)cc(OC)c1OCc1ccc(S(=O)O)cc1-c1ccc(N)cc1. The highest BCUT2D eigenvalue weighted by atomic mass is 32.2. The van der Waals surface area contributed by atoms with Gasteiger partial charge in [-0.25, -0.2) is 9.19 Å². The van der Waals surface area contributed by atoms with E-state index in [0.29, 0.717) is 40.7 Å². The van der Waals surface area contributed by atoms with Gasteiger partial charge in [-0.2, -0.15) is 4.98 Å². The standard InChI is InChI=1S/C26H27N5O5S/c1-34-22-10-15(9-18-13-30-26(29)31-25(18)28)11-23(35-2)24(22)36-14-17-5-8-20(37(32)33)12-21(17)16-3-6-19(27)7-4-16/h3-8,10-13H,9,14,27H2,1-2H3,(H,32,33)(H4,28,29,30,31). The predicted octanol–water partition coefficient (Wildman–Crippen LogP) is 3.66. The van der Waals surface area contributed by atoms with Crippen LogP contribution < -0.4 is 31.4 Å². The summed E-state index contributed by atoms with van der Waals surface area (Å²) < 4.78 is 38.7. The number of anilines is 3. The van der Waals surface area contributed by atoms with Gasteiger partial charge in [0.2, 0.25) is 11.7 Å². The van der Waals surface area contributed by atoms with Crippen molar-refractivity contribution in [3.05, 3.63) is 77.5 Å². The van der Waals surface area contributed by atoms with E-state index in [1.807, 2.05) is 24.3 Å². The summed E-state index contributed by atoms with van der Waals surface area (Å²) in [5.41, 5.74) is 22.0. The molecule has 0 aliphatic carbocycles. The molecule has 1 atom stereocenters. The van der Waals surface area contributed by atoms with Gasteiger partial charge in [0.05, 0.1) is 19.1 Å². The minimum atomic E-state index is -2.13. The van der Waals surface area contributed by atoms with E-state index in [4.69, 9.17) is 31.4 Å². The molecule has 0 radical (unpaired) electrons. The number of benzene rings is 3. The number of nitrogens with zero attached hydrogens (tertiary/aromatic N) is 2. The maximum atomic E-state index is 11.7. The molecule has 3 aromatic carbocycles. The fourth-order valence-electron chi connectivity index (χ4n) is 3.84. The van der Waals surface area contributed by atoms with Crippen molar-refractivity contribution in [2.75, 3.05) is 31.4 Å². The largest absolute Gasteiger partial charge is 0.493 e. The Kier molecular flexibility index (Phi) is 7.75. The van der Waals surface area contributed by atoms with Gasteiger partial charge in [0, 0.05) is 23.9 Å². The highest BCUT2D eigenvalue weighted by Gasteiger charge is 2.17. The molecule has 0 saturated heterocycles. The van der Waals surface area contributed by atoms with Gasteiger partial charge in [0.1, 0.15) is 12.4 Å². The van der Waals surface area contributed by atoms with E-state index in [2.05, 4.69) is 9.97 Å². The van der Waals surface area contributed by atoms with Crippen molar-refractivity contribution in [1.82, 2.24) is 9.97 Å². The summed E-state index contributed by atoms with van der Waals surface area (Å²) in [6, 6.07) is 15.9. The van der Waals surface area contributed by atoms with E-state index in [9.17, 15) is 8.76 Å². The van der Waals surface area contributed by atoms with Crippen LogP contribution in [0.3, 0.4) is 0 Å². The maximum absolute atomic E-state index is 11.7. The van der Waals surface area contributed by atoms with E-state index in [1.54, 1.807) is 36.5 Å². The Hall–Kier alpha value is -4.35. The topological polar surface area (TPSA) is 169 Å². The summed E-state index contributed by atoms with van der Waals surface area (Å²) in [5, 5.41) is 0. The van der Waals surface area contributed by atoms with Gasteiger partial charge in [0.25, 0.3) is 0 Å². The van der Waals surface area contributed by atoms with E-state index < -0.39 is 11.1 Å². The molecule has 1 unspecified atom stereocenters. The van der Waals surface area contributed by atoms with Crippen LogP contribution in [0, 0.1) is 0 Å². The summed E-state index contributed by atoms with van der Waals surface area (Å²) >= 11 is -2.13. The van der Waals surface area contributed by atoms with Gasteiger partial charge in [-0.1, -0.05) is 18.2 Å². The number of rotatable bonds is 9. The third kappa shape index (κ3) is 5.90. The number of hydrogen-bond acceptors (Lipinski definition) is 9. The highest BCUT2D eigenvalue weighted by Crippen LogP contribution is 2.40. The second-order valence-electron chi connectivity index (χ2n) is 8.12. The van der Waals surface area contributed by atoms with Crippen molar-refractivity contribution in [2.24, 2.45) is 0 Å². The Morgan fingerprint density at radius 3 is 2.19 bits per heavy atom. The van der Waals surface area contributed by atoms with E-state index >= 15 is 0 Å². The molecule has 4 rings (SSSR count). The smallest absolute Gasteiger partial charge is 0.221 e. The number of methoxy groups -OCH3 is 2. The number of nitrogens with two attached hydrogens (primary N) is 3. The van der Waals surface area contributed by atoms with Crippen molar-refractivity contribution >= 4 is 28.5 Å². The number of nitrogen functional groups attached to an aromatic ring is 3. The van der Waals surface area contributed by atoms with Crippen LogP contribution in [0.25, 0.3) is 11.1 Å². The fraction of sp³-hybridized carbons (Fsp3) is 0.154. The summed E-state index contributed by atoms with van der Waals surface area (Å²) in [6.45, 7) is 0.142. The lowest BCUT2D eigenvalue weighted by atomic mass is 10.00. The third-order valence-corrected chi connectivity index (χ3v) is 6.37. The summed E-state index contributed by atoms with van der Waals surface area (Å²) in [7, 11) is 3.08. The first-order valence-corrected chi connectivity index (χ1v) is 12.2. The first kappa shape index (κ1) is 25.7. The number of ether oxygens (including phenoxy) is 3. The number of aromatic nitrogens is 2. The third-order valence-electron chi connectivity index (χ3n) is 5.71. The normalized spacial score (nSPS) is 11.6. The lowest BCUT2D eigenvalue weighted by Crippen LogP contribution is -2.05. The predicted molar refractivity (Wildman–Crippen MR) is 143 cm³/mol. The lowest BCUT2D eigenvalue weighted by Gasteiger charge is -2.18. The van der Waals surface area contributed by atoms with Gasteiger partial charge in [-0.15, -0.1) is 0 Å². The molecule has 4 aromatic rings. The lowest BCUT2D eigenvalue weighted by molar-refractivity contribution is 0.266. The number of hydrogen-bond donors (Lipinski definition) is 4. The van der Waals surface area contributed by atoms with Crippen molar-refractivity contribution < 1.29 is 23.0 Å². The zero-order chi connectivity index (χ0) is 26.5. The molecule has 7 N–H and O–H groups in total. The molecule has 0 bridgehead atoms. The first-order chi connectivity index (χ1) is 17.8. The van der Waals surface area contributed by atoms with Crippen molar-refractivity contribution in [2.45, 2.75) is 17.9 Å². The molecule has 0 aliphatic rings. The van der Waals surface area contributed by atoms with E-state index in [0.717, 1.165) is 22.3 Å². The Balaban J connectivity index is 1.66. The van der Waals surface area contributed by atoms with Crippen LogP contribution in [-0.2, 0) is 24.1 Å². The quantitative estimate of drug-likeness (QED) is 0.188. The second-order valence-corrected chi connectivity index (χ2v) is 9.09. The van der Waals surface area contributed by atoms with Crippen LogP contribution in [0.4, 0.5) is 17.5 Å². The van der Waals surface area contributed by atoms with Gasteiger partial charge in [-0.3, -0.25) is 0 Å². The molecule has 37 heavy (non-hydrogen) atoms. The molecular weight excluding hydrogens is 494 g/mol. The molecule has 0 amide bonds. The van der Waals surface area contributed by atoms with Crippen molar-refractivity contribution in [3.8, 4) is 28.4 Å². The first-order valence-electron chi connectivity index (χ1n) is 11.1. The zero-order valence-corrected chi connectivity index (χ0v) is 21.1. The molecule has 0 fully saturated rings. The molecule has 0 saturated carbocycles. The minimum absolute atomic E-state index is 0.108. The minimum Gasteiger partial charge on any atom is -0.493 e. The van der Waals surface area contributed by atoms with E-state index in [1.165, 1.54) is 14.2 Å². The molecule has 11 heteroatoms. The summed E-state index contributed by atoms with van der Waals surface area (Å²) in [6.07, 6.45) is 2.02. The van der Waals surface area contributed by atoms with Crippen LogP contribution in [0.2, 0.25) is 0 Å². The Morgan fingerprint density at radius 2 is 1.59 bits per heavy atom. The molecule has 192 valence electrons. The monoisotopic (exact) mass is 521 g/mol. The molecule has 0 spiro atoms. The second kappa shape index (κ2) is 11.1. The van der Waals surface area contributed by atoms with Crippen LogP contribution in [-0.4, -0.2) is 32.9 Å². The Morgan fingerprint density at radius 1 is 0.919 bits per heavy atom. The zero-order valence-electron chi connectivity index (χ0n) is 20.3. The van der Waals surface area contributed by atoms with Crippen LogP contribution in [0.15, 0.2) is 65.7 Å². The average Bonchev–Trinajstić information content (AvgIpc) is 2.89. The average molecular weight is 522 g/mol. The Labute approximate surface area is 216 Å². The maximum Gasteiger partial charge on any atom is 0.221 e. The van der Waals surface area contributed by atoms with Gasteiger partial charge >= 0.3 is 0 Å². The molecular formula is C26H27N5O5S. The molecule has 1 heterocycles. The van der Waals surface area contributed by atoms with Crippen molar-refractivity contribution in [1.29, 1.82) is 0 Å². The van der Waals surface area contributed by atoms with E-state index in [-0.39, 0.29) is 17.5 Å². The fourth-order valence-corrected chi connectivity index (χ4v) is 4.24. The summed E-state index contributed by atoms with van der Waals surface area (Å²) in [5.74, 6) is 1.75. The van der Waals surface area contributed by atoms with Gasteiger partial charge in [-0.05, 0) is 58.7 Å². The summed E-state index contributed by atoms with van der Waals surface area (Å²) in [4.78, 5) is 8.30. The van der Waals surface area contributed by atoms with Crippen LogP contribution in [0.1, 0.15) is 16.7 Å². The Bertz CT molecular complexity index is 1420. The van der Waals surface area contributed by atoms with Crippen LogP contribution >= 0.6 is 0 Å². The van der Waals surface area contributed by atoms with Crippen molar-refractivity contribution in [3.63, 3.8) is 0 Å². The molecule has 0 aliphatic heterocycles. The molecule has 10 nitrogen and oxygen atoms in total. The molecule has 1 aromatic heterocycles. The highest BCUT2D eigenvalue weighted by molar-refractivity contribution is 7.79. The van der Waals surface area contributed by atoms with Gasteiger partial charge < -0.3 is 36.0 Å². The van der Waals surface area contributed by atoms with Crippen LogP contribution in [0.5, 0.6) is 17.2 Å². The van der Waals surface area contributed by atoms with Gasteiger partial charge in [0.15, 0.2) is 22.6 Å².